The van der Waals surface area contributed by atoms with Crippen LogP contribution in [-0.2, 0) is 0 Å². The summed E-state index contributed by atoms with van der Waals surface area (Å²) in [4.78, 5) is 2.20. The van der Waals surface area contributed by atoms with Gasteiger partial charge in [0.15, 0.2) is 0 Å². The summed E-state index contributed by atoms with van der Waals surface area (Å²) in [6, 6.07) is 36.0. The van der Waals surface area contributed by atoms with Gasteiger partial charge in [0.2, 0.25) is 0 Å². The zero-order valence-corrected chi connectivity index (χ0v) is 26.7. The van der Waals surface area contributed by atoms with Gasteiger partial charge in [0, 0.05) is 17.1 Å². The highest BCUT2D eigenvalue weighted by Crippen LogP contribution is 2.33. The molecule has 0 unspecified atom stereocenters. The van der Waals surface area contributed by atoms with Gasteiger partial charge in [0.05, 0.1) is 0 Å². The van der Waals surface area contributed by atoms with Crippen molar-refractivity contribution < 1.29 is 0 Å². The van der Waals surface area contributed by atoms with Crippen molar-refractivity contribution in [3.63, 3.8) is 0 Å². The summed E-state index contributed by atoms with van der Waals surface area (Å²) in [6.45, 7) is 22.1. The molecule has 4 rings (SSSR count). The molecule has 0 bridgehead atoms. The minimum Gasteiger partial charge on any atom is -0.311 e. The fourth-order valence-corrected chi connectivity index (χ4v) is 4.02. The minimum atomic E-state index is 0.957. The molecular weight excluding hydrogens is 506 g/mol. The molecule has 0 aromatic heterocycles. The highest BCUT2D eigenvalue weighted by Gasteiger charge is 2.13. The molecule has 0 atom stereocenters. The summed E-state index contributed by atoms with van der Waals surface area (Å²) in [5.74, 6) is 0. The molecule has 0 aliphatic heterocycles. The normalized spacial score (nSPS) is 10.4. The van der Waals surface area contributed by atoms with Crippen molar-refractivity contribution in [1.82, 2.24) is 0 Å². The molecule has 218 valence electrons. The summed E-state index contributed by atoms with van der Waals surface area (Å²) in [5, 5.41) is 0. The van der Waals surface area contributed by atoms with Gasteiger partial charge in [0.25, 0.3) is 0 Å². The Morgan fingerprint density at radius 3 is 1.64 bits per heavy atom. The third-order valence-corrected chi connectivity index (χ3v) is 5.88. The average molecular weight is 556 g/mol. The SMILES string of the molecule is C=C/C=C(\C=C)N(c1ccc(-c2ccc(C)cc2)cc1)c1cccc(/C=C/C=C/c2ccccc2)c1.CC.CC.CC. The van der Waals surface area contributed by atoms with E-state index in [1.54, 1.807) is 6.08 Å². The first-order valence-electron chi connectivity index (χ1n) is 15.1. The molecular formula is C41H49N. The van der Waals surface area contributed by atoms with Gasteiger partial charge in [0.1, 0.15) is 0 Å². The summed E-state index contributed by atoms with van der Waals surface area (Å²) in [6.07, 6.45) is 14.0. The zero-order chi connectivity index (χ0) is 31.2. The number of hydrogen-bond acceptors (Lipinski definition) is 1. The Balaban J connectivity index is 0.00000138. The number of benzene rings is 4. The molecule has 0 fully saturated rings. The van der Waals surface area contributed by atoms with Crippen LogP contribution < -0.4 is 4.90 Å². The van der Waals surface area contributed by atoms with Crippen LogP contribution in [-0.4, -0.2) is 0 Å². The van der Waals surface area contributed by atoms with Crippen LogP contribution in [0.2, 0.25) is 0 Å². The summed E-state index contributed by atoms with van der Waals surface area (Å²) < 4.78 is 0. The van der Waals surface area contributed by atoms with Gasteiger partial charge in [-0.05, 0) is 65.6 Å². The van der Waals surface area contributed by atoms with Crippen molar-refractivity contribution in [2.24, 2.45) is 0 Å². The fourth-order valence-electron chi connectivity index (χ4n) is 4.02. The second kappa shape index (κ2) is 21.2. The maximum Gasteiger partial charge on any atom is 0.0467 e. The maximum atomic E-state index is 4.06. The third kappa shape index (κ3) is 11.1. The highest BCUT2D eigenvalue weighted by atomic mass is 15.1. The largest absolute Gasteiger partial charge is 0.311 e. The number of allylic oxidation sites excluding steroid dienone is 5. The molecule has 0 amide bonds. The van der Waals surface area contributed by atoms with E-state index in [9.17, 15) is 0 Å². The molecule has 0 radical (unpaired) electrons. The van der Waals surface area contributed by atoms with E-state index in [1.807, 2.05) is 71.9 Å². The number of aryl methyl sites for hydroxylation is 1. The molecule has 0 aliphatic rings. The number of hydrogen-bond donors (Lipinski definition) is 0. The van der Waals surface area contributed by atoms with Gasteiger partial charge in [-0.2, -0.15) is 0 Å². The van der Waals surface area contributed by atoms with Gasteiger partial charge in [-0.15, -0.1) is 0 Å². The van der Waals surface area contributed by atoms with Crippen LogP contribution in [0.25, 0.3) is 23.3 Å². The van der Waals surface area contributed by atoms with Gasteiger partial charge >= 0.3 is 0 Å². The predicted molar refractivity (Wildman–Crippen MR) is 192 cm³/mol. The molecule has 4 aromatic carbocycles. The first-order valence-corrected chi connectivity index (χ1v) is 15.1. The second-order valence-corrected chi connectivity index (χ2v) is 8.50. The van der Waals surface area contributed by atoms with Crippen LogP contribution >= 0.6 is 0 Å². The van der Waals surface area contributed by atoms with Gasteiger partial charge in [-0.3, -0.25) is 0 Å². The van der Waals surface area contributed by atoms with Crippen LogP contribution in [0.1, 0.15) is 58.2 Å². The Morgan fingerprint density at radius 1 is 0.571 bits per heavy atom. The topological polar surface area (TPSA) is 3.24 Å². The molecule has 0 heterocycles. The number of rotatable bonds is 9. The summed E-state index contributed by atoms with van der Waals surface area (Å²) in [7, 11) is 0. The lowest BCUT2D eigenvalue weighted by atomic mass is 10.0. The standard InChI is InChI=1S/C35H31N.3C2H6/c1-4-12-33(5-2)36(34-25-23-32(24-26-34)31-21-19-28(3)20-22-31)35-18-11-17-30(27-35)16-10-9-15-29-13-7-6-8-14-29;3*1-2/h4-27H,1-2H2,3H3;3*1-2H3/b15-9+,16-10+,33-12+;;;. The molecule has 4 aromatic rings. The van der Waals surface area contributed by atoms with Crippen LogP contribution in [0.4, 0.5) is 11.4 Å². The van der Waals surface area contributed by atoms with E-state index < -0.39 is 0 Å². The van der Waals surface area contributed by atoms with E-state index in [0.717, 1.165) is 22.6 Å². The first kappa shape index (κ1) is 35.4. The van der Waals surface area contributed by atoms with Gasteiger partial charge in [-0.25, -0.2) is 0 Å². The van der Waals surface area contributed by atoms with Crippen molar-refractivity contribution in [2.45, 2.75) is 48.5 Å². The number of anilines is 2. The van der Waals surface area contributed by atoms with Crippen LogP contribution in [0.15, 0.2) is 152 Å². The molecule has 1 nitrogen and oxygen atoms in total. The molecule has 0 saturated carbocycles. The van der Waals surface area contributed by atoms with Crippen molar-refractivity contribution in [1.29, 1.82) is 0 Å². The Hall–Kier alpha value is -4.62. The average Bonchev–Trinajstić information content (AvgIpc) is 3.07. The Kier molecular flexibility index (Phi) is 17.8. The third-order valence-electron chi connectivity index (χ3n) is 5.88. The van der Waals surface area contributed by atoms with Crippen molar-refractivity contribution >= 4 is 23.5 Å². The van der Waals surface area contributed by atoms with Crippen molar-refractivity contribution in [2.75, 3.05) is 4.90 Å². The molecule has 0 aliphatic carbocycles. The van der Waals surface area contributed by atoms with Gasteiger partial charge in [-0.1, -0.05) is 170 Å². The molecule has 1 heteroatoms. The number of nitrogens with zero attached hydrogens (tertiary/aromatic N) is 1. The zero-order valence-electron chi connectivity index (χ0n) is 26.7. The smallest absolute Gasteiger partial charge is 0.0467 e. The summed E-state index contributed by atoms with van der Waals surface area (Å²) in [5.41, 5.74) is 9.03. The van der Waals surface area contributed by atoms with E-state index in [4.69, 9.17) is 0 Å². The van der Waals surface area contributed by atoms with Crippen LogP contribution in [0.5, 0.6) is 0 Å². The molecule has 0 spiro atoms. The fraction of sp³-hybridized carbons (Fsp3) is 0.171. The lowest BCUT2D eigenvalue weighted by molar-refractivity contribution is 1.21. The Labute approximate surface area is 256 Å². The van der Waals surface area contributed by atoms with Crippen LogP contribution in [0.3, 0.4) is 0 Å². The van der Waals surface area contributed by atoms with E-state index in [-0.39, 0.29) is 0 Å². The molecule has 42 heavy (non-hydrogen) atoms. The lowest BCUT2D eigenvalue weighted by Gasteiger charge is -2.26. The lowest BCUT2D eigenvalue weighted by Crippen LogP contribution is -2.15. The monoisotopic (exact) mass is 555 g/mol. The van der Waals surface area contributed by atoms with E-state index in [1.165, 1.54) is 22.3 Å². The van der Waals surface area contributed by atoms with E-state index in [0.29, 0.717) is 0 Å². The quantitative estimate of drug-likeness (QED) is 0.186. The minimum absolute atomic E-state index is 0.957. The first-order chi connectivity index (χ1) is 20.7. The molecule has 0 N–H and O–H groups in total. The van der Waals surface area contributed by atoms with Crippen molar-refractivity contribution in [3.05, 3.63) is 169 Å². The van der Waals surface area contributed by atoms with Gasteiger partial charge < -0.3 is 4.90 Å². The summed E-state index contributed by atoms with van der Waals surface area (Å²) >= 11 is 0. The highest BCUT2D eigenvalue weighted by molar-refractivity contribution is 5.75. The van der Waals surface area contributed by atoms with E-state index >= 15 is 0 Å². The maximum absolute atomic E-state index is 4.06. The Bertz CT molecular complexity index is 1390. The predicted octanol–water partition coefficient (Wildman–Crippen LogP) is 12.9. The Morgan fingerprint density at radius 2 is 1.10 bits per heavy atom. The van der Waals surface area contributed by atoms with E-state index in [2.05, 4.69) is 134 Å². The van der Waals surface area contributed by atoms with Crippen LogP contribution in [0, 0.1) is 6.92 Å². The second-order valence-electron chi connectivity index (χ2n) is 8.50. The molecule has 0 saturated heterocycles. The van der Waals surface area contributed by atoms with Crippen molar-refractivity contribution in [3.8, 4) is 11.1 Å².